The van der Waals surface area contributed by atoms with Crippen LogP contribution in [0.15, 0.2) is 55.1 Å². The highest BCUT2D eigenvalue weighted by Gasteiger charge is 2.09. The summed E-state index contributed by atoms with van der Waals surface area (Å²) >= 11 is 0. The maximum Gasteiger partial charge on any atom is 0.0484 e. The zero-order chi connectivity index (χ0) is 13.0. The summed E-state index contributed by atoms with van der Waals surface area (Å²) in [6.07, 6.45) is 1.88. The third-order valence-electron chi connectivity index (χ3n) is 2.95. The van der Waals surface area contributed by atoms with Gasteiger partial charge in [0.05, 0.1) is 0 Å². The van der Waals surface area contributed by atoms with Crippen molar-refractivity contribution in [1.29, 1.82) is 0 Å². The molecular weight excluding hydrogens is 220 g/mol. The second kappa shape index (κ2) is 5.41. The molecule has 0 aliphatic carbocycles. The number of nitrogens with zero attached hydrogens (tertiary/aromatic N) is 1. The highest BCUT2D eigenvalue weighted by molar-refractivity contribution is 5.74. The van der Waals surface area contributed by atoms with Crippen molar-refractivity contribution in [3.8, 4) is 0 Å². The van der Waals surface area contributed by atoms with Gasteiger partial charge in [-0.25, -0.2) is 0 Å². The number of para-hydroxylation sites is 1. The van der Waals surface area contributed by atoms with Gasteiger partial charge in [-0.2, -0.15) is 0 Å². The van der Waals surface area contributed by atoms with E-state index in [9.17, 15) is 0 Å². The Hall–Kier alpha value is -2.22. The lowest BCUT2D eigenvalue weighted by atomic mass is 10.1. The lowest BCUT2D eigenvalue weighted by Crippen LogP contribution is -2.17. The van der Waals surface area contributed by atoms with Crippen molar-refractivity contribution in [2.24, 2.45) is 0 Å². The third-order valence-corrected chi connectivity index (χ3v) is 2.95. The van der Waals surface area contributed by atoms with E-state index < -0.39 is 0 Å². The summed E-state index contributed by atoms with van der Waals surface area (Å²) < 4.78 is 0. The molecule has 2 rings (SSSR count). The van der Waals surface area contributed by atoms with Gasteiger partial charge < -0.3 is 10.6 Å². The van der Waals surface area contributed by atoms with E-state index in [-0.39, 0.29) is 0 Å². The lowest BCUT2D eigenvalue weighted by Gasteiger charge is -2.25. The fraction of sp³-hybridized carbons (Fsp3) is 0.125. The van der Waals surface area contributed by atoms with Crippen LogP contribution in [0.1, 0.15) is 12.5 Å². The summed E-state index contributed by atoms with van der Waals surface area (Å²) in [7, 11) is 0. The summed E-state index contributed by atoms with van der Waals surface area (Å²) in [5, 5.41) is 0. The van der Waals surface area contributed by atoms with E-state index in [2.05, 4.69) is 36.6 Å². The van der Waals surface area contributed by atoms with E-state index in [1.165, 1.54) is 0 Å². The molecule has 0 saturated carbocycles. The van der Waals surface area contributed by atoms with Crippen molar-refractivity contribution in [2.75, 3.05) is 17.2 Å². The Bertz CT molecular complexity index is 546. The molecule has 0 unspecified atom stereocenters. The average molecular weight is 238 g/mol. The molecule has 2 N–H and O–H groups in total. The SMILES string of the molecule is C=Cc1ccccc1N(CC)c1cccc(N)c1. The van der Waals surface area contributed by atoms with Gasteiger partial charge in [-0.05, 0) is 36.8 Å². The zero-order valence-electron chi connectivity index (χ0n) is 10.6. The molecule has 18 heavy (non-hydrogen) atoms. The molecule has 0 aliphatic heterocycles. The Morgan fingerprint density at radius 2 is 1.94 bits per heavy atom. The van der Waals surface area contributed by atoms with Crippen LogP contribution < -0.4 is 10.6 Å². The fourth-order valence-corrected chi connectivity index (χ4v) is 2.09. The Morgan fingerprint density at radius 1 is 1.17 bits per heavy atom. The maximum atomic E-state index is 5.85. The van der Waals surface area contributed by atoms with Crippen LogP contribution in [-0.4, -0.2) is 6.54 Å². The van der Waals surface area contributed by atoms with Crippen molar-refractivity contribution >= 4 is 23.1 Å². The number of hydrogen-bond donors (Lipinski definition) is 1. The predicted octanol–water partition coefficient (Wildman–Crippen LogP) is 4.07. The Morgan fingerprint density at radius 3 is 2.61 bits per heavy atom. The predicted molar refractivity (Wildman–Crippen MR) is 80.1 cm³/mol. The summed E-state index contributed by atoms with van der Waals surface area (Å²) in [4.78, 5) is 2.23. The first-order chi connectivity index (χ1) is 8.76. The quantitative estimate of drug-likeness (QED) is 0.813. The molecule has 2 heteroatoms. The van der Waals surface area contributed by atoms with Gasteiger partial charge in [0.2, 0.25) is 0 Å². The molecule has 0 amide bonds. The van der Waals surface area contributed by atoms with Crippen molar-refractivity contribution in [3.63, 3.8) is 0 Å². The first kappa shape index (κ1) is 12.2. The standard InChI is InChI=1S/C16H18N2/c1-3-13-8-5-6-11-16(13)18(4-2)15-10-7-9-14(17)12-15/h3,5-12H,1,4,17H2,2H3. The molecule has 0 bridgehead atoms. The van der Waals surface area contributed by atoms with Gasteiger partial charge in [0, 0.05) is 23.6 Å². The van der Waals surface area contributed by atoms with Crippen LogP contribution in [-0.2, 0) is 0 Å². The topological polar surface area (TPSA) is 29.3 Å². The van der Waals surface area contributed by atoms with Crippen molar-refractivity contribution < 1.29 is 0 Å². The van der Waals surface area contributed by atoms with Crippen LogP contribution in [0.2, 0.25) is 0 Å². The van der Waals surface area contributed by atoms with Gasteiger partial charge in [0.25, 0.3) is 0 Å². The lowest BCUT2D eigenvalue weighted by molar-refractivity contribution is 1.02. The molecular formula is C16H18N2. The molecule has 0 spiro atoms. The molecule has 92 valence electrons. The van der Waals surface area contributed by atoms with Crippen molar-refractivity contribution in [3.05, 3.63) is 60.7 Å². The second-order valence-corrected chi connectivity index (χ2v) is 4.10. The molecule has 0 heterocycles. The normalized spacial score (nSPS) is 10.1. The van der Waals surface area contributed by atoms with E-state index in [0.29, 0.717) is 0 Å². The van der Waals surface area contributed by atoms with Crippen LogP contribution in [0, 0.1) is 0 Å². The molecule has 2 nitrogen and oxygen atoms in total. The average Bonchev–Trinajstić information content (AvgIpc) is 2.40. The zero-order valence-corrected chi connectivity index (χ0v) is 10.6. The number of anilines is 3. The minimum atomic E-state index is 0.780. The summed E-state index contributed by atoms with van der Waals surface area (Å²) in [5.41, 5.74) is 10.0. The van der Waals surface area contributed by atoms with E-state index in [1.807, 2.05) is 36.4 Å². The number of rotatable bonds is 4. The molecule has 0 aliphatic rings. The van der Waals surface area contributed by atoms with Crippen LogP contribution in [0.5, 0.6) is 0 Å². The summed E-state index contributed by atoms with van der Waals surface area (Å²) in [6, 6.07) is 16.2. The molecule has 0 atom stereocenters. The van der Waals surface area contributed by atoms with Gasteiger partial charge >= 0.3 is 0 Å². The minimum Gasteiger partial charge on any atom is -0.399 e. The molecule has 0 aromatic heterocycles. The van der Waals surface area contributed by atoms with Gasteiger partial charge in [-0.15, -0.1) is 0 Å². The number of nitrogen functional groups attached to an aromatic ring is 1. The Kier molecular flexibility index (Phi) is 3.68. The van der Waals surface area contributed by atoms with Crippen LogP contribution in [0.3, 0.4) is 0 Å². The van der Waals surface area contributed by atoms with Gasteiger partial charge in [0.15, 0.2) is 0 Å². The number of hydrogen-bond acceptors (Lipinski definition) is 2. The maximum absolute atomic E-state index is 5.85. The van der Waals surface area contributed by atoms with E-state index in [4.69, 9.17) is 5.73 Å². The molecule has 2 aromatic carbocycles. The van der Waals surface area contributed by atoms with E-state index >= 15 is 0 Å². The van der Waals surface area contributed by atoms with E-state index in [1.54, 1.807) is 0 Å². The Balaban J connectivity index is 2.48. The monoisotopic (exact) mass is 238 g/mol. The van der Waals surface area contributed by atoms with Gasteiger partial charge in [-0.3, -0.25) is 0 Å². The fourth-order valence-electron chi connectivity index (χ4n) is 2.09. The van der Waals surface area contributed by atoms with Crippen LogP contribution in [0.4, 0.5) is 17.1 Å². The van der Waals surface area contributed by atoms with Crippen molar-refractivity contribution in [2.45, 2.75) is 6.92 Å². The van der Waals surface area contributed by atoms with Crippen LogP contribution >= 0.6 is 0 Å². The van der Waals surface area contributed by atoms with Gasteiger partial charge in [0.1, 0.15) is 0 Å². The van der Waals surface area contributed by atoms with E-state index in [0.717, 1.165) is 29.2 Å². The van der Waals surface area contributed by atoms with Gasteiger partial charge in [-0.1, -0.05) is 36.9 Å². The molecule has 2 aromatic rings. The molecule has 0 radical (unpaired) electrons. The first-order valence-corrected chi connectivity index (χ1v) is 6.10. The Labute approximate surface area is 108 Å². The minimum absolute atomic E-state index is 0.780. The third kappa shape index (κ3) is 2.38. The summed E-state index contributed by atoms with van der Waals surface area (Å²) in [5.74, 6) is 0. The number of nitrogens with two attached hydrogens (primary N) is 1. The highest BCUT2D eigenvalue weighted by Crippen LogP contribution is 2.29. The van der Waals surface area contributed by atoms with Crippen LogP contribution in [0.25, 0.3) is 6.08 Å². The highest BCUT2D eigenvalue weighted by atomic mass is 15.1. The smallest absolute Gasteiger partial charge is 0.0484 e. The molecule has 0 fully saturated rings. The summed E-state index contributed by atoms with van der Waals surface area (Å²) in [6.45, 7) is 6.88. The first-order valence-electron chi connectivity index (χ1n) is 6.10. The van der Waals surface area contributed by atoms with Crippen molar-refractivity contribution in [1.82, 2.24) is 0 Å². The largest absolute Gasteiger partial charge is 0.399 e. The number of benzene rings is 2. The second-order valence-electron chi connectivity index (χ2n) is 4.10. The molecule has 0 saturated heterocycles.